The zero-order valence-corrected chi connectivity index (χ0v) is 13.6. The number of carbonyl (C=O) groups is 1. The van der Waals surface area contributed by atoms with Crippen LogP contribution in [0.4, 0.5) is 5.82 Å². The Bertz CT molecular complexity index is 533. The normalized spacial score (nSPS) is 20.3. The molecule has 2 aliphatic heterocycles. The first-order valence-corrected chi connectivity index (χ1v) is 8.22. The molecule has 0 N–H and O–H groups in total. The number of hydrogen-bond acceptors (Lipinski definition) is 5. The van der Waals surface area contributed by atoms with Gasteiger partial charge in [-0.1, -0.05) is 0 Å². The minimum Gasteiger partial charge on any atom is -0.354 e. The second-order valence-corrected chi connectivity index (χ2v) is 6.30. The van der Waals surface area contributed by atoms with Crippen molar-refractivity contribution < 1.29 is 4.79 Å². The third-order valence-corrected chi connectivity index (χ3v) is 4.51. The number of likely N-dealkylation sites (N-methyl/N-ethyl adjacent to an activating group) is 1. The molecule has 3 heterocycles. The van der Waals surface area contributed by atoms with Crippen molar-refractivity contribution in [1.82, 2.24) is 19.8 Å². The van der Waals surface area contributed by atoms with Gasteiger partial charge in [0.1, 0.15) is 17.3 Å². The first-order chi connectivity index (χ1) is 10.6. The van der Waals surface area contributed by atoms with Gasteiger partial charge in [-0.2, -0.15) is 0 Å². The lowest BCUT2D eigenvalue weighted by Gasteiger charge is -2.33. The molecule has 1 amide bonds. The average molecular weight is 303 g/mol. The molecule has 22 heavy (non-hydrogen) atoms. The van der Waals surface area contributed by atoms with E-state index in [0.717, 1.165) is 57.9 Å². The number of nitrogens with zero attached hydrogens (tertiary/aromatic N) is 5. The maximum absolute atomic E-state index is 12.6. The molecule has 0 saturated carbocycles. The Hall–Kier alpha value is -1.69. The Morgan fingerprint density at radius 2 is 1.68 bits per heavy atom. The van der Waals surface area contributed by atoms with Crippen LogP contribution in [-0.2, 0) is 0 Å². The van der Waals surface area contributed by atoms with E-state index in [4.69, 9.17) is 0 Å². The number of likely N-dealkylation sites (tertiary alicyclic amines) is 1. The van der Waals surface area contributed by atoms with Crippen LogP contribution in [0, 0.1) is 6.92 Å². The Kier molecular flexibility index (Phi) is 4.57. The van der Waals surface area contributed by atoms with Crippen molar-refractivity contribution in [3.8, 4) is 0 Å². The first kappa shape index (κ1) is 15.2. The molecule has 0 atom stereocenters. The summed E-state index contributed by atoms with van der Waals surface area (Å²) in [6.45, 7) is 7.52. The van der Waals surface area contributed by atoms with E-state index < -0.39 is 0 Å². The van der Waals surface area contributed by atoms with Gasteiger partial charge in [0.05, 0.1) is 0 Å². The Morgan fingerprint density at radius 1 is 1.00 bits per heavy atom. The van der Waals surface area contributed by atoms with Gasteiger partial charge in [-0.05, 0) is 33.2 Å². The minimum absolute atomic E-state index is 0.0561. The summed E-state index contributed by atoms with van der Waals surface area (Å²) in [5.41, 5.74) is 0.545. The van der Waals surface area contributed by atoms with Crippen molar-refractivity contribution >= 4 is 11.7 Å². The van der Waals surface area contributed by atoms with Gasteiger partial charge in [0.2, 0.25) is 0 Å². The van der Waals surface area contributed by atoms with E-state index in [2.05, 4.69) is 26.8 Å². The molecule has 0 radical (unpaired) electrons. The van der Waals surface area contributed by atoms with Crippen molar-refractivity contribution in [2.45, 2.75) is 26.2 Å². The zero-order valence-electron chi connectivity index (χ0n) is 13.6. The summed E-state index contributed by atoms with van der Waals surface area (Å²) in [5, 5.41) is 0. The predicted molar refractivity (Wildman–Crippen MR) is 86.2 cm³/mol. The molecule has 1 aromatic heterocycles. The summed E-state index contributed by atoms with van der Waals surface area (Å²) in [7, 11) is 2.13. The van der Waals surface area contributed by atoms with Crippen molar-refractivity contribution in [3.63, 3.8) is 0 Å². The highest BCUT2D eigenvalue weighted by molar-refractivity contribution is 5.93. The Labute approximate surface area is 132 Å². The van der Waals surface area contributed by atoms with Crippen molar-refractivity contribution in [1.29, 1.82) is 0 Å². The van der Waals surface area contributed by atoms with Gasteiger partial charge in [0.25, 0.3) is 5.91 Å². The highest BCUT2D eigenvalue weighted by Gasteiger charge is 2.22. The first-order valence-electron chi connectivity index (χ1n) is 8.22. The summed E-state index contributed by atoms with van der Waals surface area (Å²) in [4.78, 5) is 28.1. The van der Waals surface area contributed by atoms with Gasteiger partial charge < -0.3 is 14.7 Å². The summed E-state index contributed by atoms with van der Waals surface area (Å²) >= 11 is 0. The summed E-state index contributed by atoms with van der Waals surface area (Å²) < 4.78 is 0. The van der Waals surface area contributed by atoms with Crippen LogP contribution in [0.15, 0.2) is 6.07 Å². The van der Waals surface area contributed by atoms with Gasteiger partial charge in [-0.25, -0.2) is 9.97 Å². The second kappa shape index (κ2) is 6.60. The molecule has 1 aromatic rings. The number of rotatable bonds is 2. The molecule has 0 aromatic carbocycles. The maximum Gasteiger partial charge on any atom is 0.272 e. The van der Waals surface area contributed by atoms with Crippen LogP contribution in [0.3, 0.4) is 0 Å². The number of amides is 1. The summed E-state index contributed by atoms with van der Waals surface area (Å²) in [5.74, 6) is 1.62. The van der Waals surface area contributed by atoms with E-state index in [-0.39, 0.29) is 5.91 Å². The second-order valence-electron chi connectivity index (χ2n) is 6.30. The van der Waals surface area contributed by atoms with Gasteiger partial charge in [0, 0.05) is 45.3 Å². The molecule has 0 bridgehead atoms. The Balaban J connectivity index is 1.78. The third-order valence-electron chi connectivity index (χ3n) is 4.51. The zero-order chi connectivity index (χ0) is 15.5. The molecule has 120 valence electrons. The van der Waals surface area contributed by atoms with Crippen molar-refractivity contribution in [2.24, 2.45) is 0 Å². The highest BCUT2D eigenvalue weighted by atomic mass is 16.2. The molecule has 2 saturated heterocycles. The van der Waals surface area contributed by atoms with E-state index in [0.29, 0.717) is 11.5 Å². The molecule has 6 heteroatoms. The van der Waals surface area contributed by atoms with Gasteiger partial charge >= 0.3 is 0 Å². The molecule has 2 aliphatic rings. The topological polar surface area (TPSA) is 52.6 Å². The maximum atomic E-state index is 12.6. The van der Waals surface area contributed by atoms with Gasteiger partial charge in [-0.3, -0.25) is 4.79 Å². The van der Waals surface area contributed by atoms with Crippen LogP contribution >= 0.6 is 0 Å². The van der Waals surface area contributed by atoms with E-state index in [9.17, 15) is 4.79 Å². The lowest BCUT2D eigenvalue weighted by molar-refractivity contribution is 0.0718. The molecular formula is C16H25N5O. The number of aryl methyl sites for hydroxylation is 1. The third kappa shape index (κ3) is 3.38. The number of piperidine rings is 1. The quantitative estimate of drug-likeness (QED) is 0.821. The van der Waals surface area contributed by atoms with Crippen LogP contribution in [0.25, 0.3) is 0 Å². The number of anilines is 1. The average Bonchev–Trinajstić information content (AvgIpc) is 2.55. The Morgan fingerprint density at radius 3 is 2.36 bits per heavy atom. The summed E-state index contributed by atoms with van der Waals surface area (Å²) in [6, 6.07) is 1.87. The van der Waals surface area contributed by atoms with Crippen LogP contribution in [-0.4, -0.2) is 72.0 Å². The fraction of sp³-hybridized carbons (Fsp3) is 0.688. The standard InChI is InChI=1S/C16H25N5O/c1-13-17-14(16(22)21-6-4-3-5-7-21)12-15(18-13)20-10-8-19(2)9-11-20/h12H,3-11H2,1-2H3. The van der Waals surface area contributed by atoms with Gasteiger partial charge in [0.15, 0.2) is 0 Å². The number of aromatic nitrogens is 2. The van der Waals surface area contributed by atoms with Crippen LogP contribution in [0.5, 0.6) is 0 Å². The van der Waals surface area contributed by atoms with E-state index in [1.54, 1.807) is 0 Å². The number of carbonyl (C=O) groups excluding carboxylic acids is 1. The number of hydrogen-bond donors (Lipinski definition) is 0. The minimum atomic E-state index is 0.0561. The molecular weight excluding hydrogens is 278 g/mol. The van der Waals surface area contributed by atoms with E-state index >= 15 is 0 Å². The lowest BCUT2D eigenvalue weighted by atomic mass is 10.1. The predicted octanol–water partition coefficient (Wildman–Crippen LogP) is 1.16. The van der Waals surface area contributed by atoms with E-state index in [1.807, 2.05) is 17.9 Å². The molecule has 3 rings (SSSR count). The molecule has 6 nitrogen and oxygen atoms in total. The van der Waals surface area contributed by atoms with E-state index in [1.165, 1.54) is 6.42 Å². The van der Waals surface area contributed by atoms with Crippen LogP contribution < -0.4 is 4.90 Å². The van der Waals surface area contributed by atoms with Gasteiger partial charge in [-0.15, -0.1) is 0 Å². The largest absolute Gasteiger partial charge is 0.354 e. The summed E-state index contributed by atoms with van der Waals surface area (Å²) in [6.07, 6.45) is 3.42. The van der Waals surface area contributed by atoms with Crippen LogP contribution in [0.2, 0.25) is 0 Å². The smallest absolute Gasteiger partial charge is 0.272 e. The fourth-order valence-corrected chi connectivity index (χ4v) is 3.12. The molecule has 0 aliphatic carbocycles. The van der Waals surface area contributed by atoms with Crippen LogP contribution in [0.1, 0.15) is 35.6 Å². The molecule has 0 spiro atoms. The number of piperazine rings is 1. The van der Waals surface area contributed by atoms with Crippen molar-refractivity contribution in [2.75, 3.05) is 51.2 Å². The van der Waals surface area contributed by atoms with Crippen molar-refractivity contribution in [3.05, 3.63) is 17.6 Å². The SMILES string of the molecule is Cc1nc(C(=O)N2CCCCC2)cc(N2CCN(C)CC2)n1. The molecule has 0 unspecified atom stereocenters. The lowest BCUT2D eigenvalue weighted by Crippen LogP contribution is -2.45. The monoisotopic (exact) mass is 303 g/mol. The fourth-order valence-electron chi connectivity index (χ4n) is 3.12. The highest BCUT2D eigenvalue weighted by Crippen LogP contribution is 2.18. The molecule has 2 fully saturated rings.